The first kappa shape index (κ1) is 13.1. The summed E-state index contributed by atoms with van der Waals surface area (Å²) in [6.45, 7) is 3.88. The van der Waals surface area contributed by atoms with Crippen molar-refractivity contribution in [2.24, 2.45) is 0 Å². The zero-order valence-electron chi connectivity index (χ0n) is 8.52. The van der Waals surface area contributed by atoms with Crippen LogP contribution in [0.15, 0.2) is 29.2 Å². The lowest BCUT2D eigenvalue weighted by atomic mass is 10.0. The second-order valence-corrected chi connectivity index (χ2v) is 4.56. The Morgan fingerprint density at radius 2 is 1.86 bits per heavy atom. The Balaban J connectivity index is 0.00000169. The molecule has 0 spiro atoms. The minimum Gasteiger partial charge on any atom is -0.744 e. The molecule has 0 aromatic heterocycles. The van der Waals surface area contributed by atoms with E-state index < -0.39 is 10.1 Å². The van der Waals surface area contributed by atoms with Gasteiger partial charge in [0.15, 0.2) is 0 Å². The Morgan fingerprint density at radius 1 is 1.29 bits per heavy atom. The molecule has 0 amide bonds. The van der Waals surface area contributed by atoms with Gasteiger partial charge in [-0.25, -0.2) is 8.42 Å². The van der Waals surface area contributed by atoms with Crippen molar-refractivity contribution in [3.63, 3.8) is 0 Å². The predicted molar refractivity (Wildman–Crippen MR) is 54.5 cm³/mol. The molecule has 1 rings (SSSR count). The van der Waals surface area contributed by atoms with Gasteiger partial charge in [-0.1, -0.05) is 26.0 Å². The molecular formula is C9H15NO3S. The van der Waals surface area contributed by atoms with Crippen LogP contribution in [0.1, 0.15) is 25.3 Å². The van der Waals surface area contributed by atoms with Gasteiger partial charge >= 0.3 is 0 Å². The highest BCUT2D eigenvalue weighted by Crippen LogP contribution is 2.17. The van der Waals surface area contributed by atoms with Crippen LogP contribution in [-0.2, 0) is 10.1 Å². The van der Waals surface area contributed by atoms with Crippen LogP contribution in [-0.4, -0.2) is 13.0 Å². The average molecular weight is 217 g/mol. The van der Waals surface area contributed by atoms with Gasteiger partial charge in [-0.3, -0.25) is 0 Å². The zero-order valence-corrected chi connectivity index (χ0v) is 9.34. The molecule has 0 saturated carbocycles. The molecule has 4 nitrogen and oxygen atoms in total. The lowest BCUT2D eigenvalue weighted by molar-refractivity contribution is 0.463. The maximum Gasteiger partial charge on any atom is 0.124 e. The first-order chi connectivity index (χ1) is 5.91. The number of benzene rings is 1. The van der Waals surface area contributed by atoms with E-state index in [1.54, 1.807) is 12.1 Å². The van der Waals surface area contributed by atoms with Crippen molar-refractivity contribution in [1.29, 1.82) is 0 Å². The molecule has 80 valence electrons. The van der Waals surface area contributed by atoms with Crippen LogP contribution < -0.4 is 6.15 Å². The summed E-state index contributed by atoms with van der Waals surface area (Å²) in [7, 11) is -4.31. The Bertz CT molecular complexity index is 398. The summed E-state index contributed by atoms with van der Waals surface area (Å²) in [5.74, 6) is 0.224. The third-order valence-electron chi connectivity index (χ3n) is 1.81. The van der Waals surface area contributed by atoms with Crippen LogP contribution in [0, 0.1) is 0 Å². The van der Waals surface area contributed by atoms with Crippen LogP contribution in [0.5, 0.6) is 0 Å². The summed E-state index contributed by atoms with van der Waals surface area (Å²) in [5, 5.41) is 0. The van der Waals surface area contributed by atoms with Gasteiger partial charge in [0.25, 0.3) is 0 Å². The summed E-state index contributed by atoms with van der Waals surface area (Å²) in [6.07, 6.45) is 0. The van der Waals surface area contributed by atoms with E-state index in [2.05, 4.69) is 0 Å². The highest BCUT2D eigenvalue weighted by molar-refractivity contribution is 7.85. The van der Waals surface area contributed by atoms with Crippen molar-refractivity contribution in [2.45, 2.75) is 24.7 Å². The van der Waals surface area contributed by atoms with Gasteiger partial charge < -0.3 is 10.7 Å². The molecule has 0 unspecified atom stereocenters. The SMILES string of the molecule is CC(C)c1cccc(S(=O)(=O)[O-])c1.[NH4+]. The van der Waals surface area contributed by atoms with Gasteiger partial charge in [-0.05, 0) is 23.6 Å². The summed E-state index contributed by atoms with van der Waals surface area (Å²) in [6, 6.07) is 6.13. The molecule has 5 heteroatoms. The van der Waals surface area contributed by atoms with E-state index in [1.807, 2.05) is 13.8 Å². The predicted octanol–water partition coefficient (Wildman–Crippen LogP) is 2.09. The van der Waals surface area contributed by atoms with Crippen molar-refractivity contribution < 1.29 is 13.0 Å². The third kappa shape index (κ3) is 3.10. The third-order valence-corrected chi connectivity index (χ3v) is 2.64. The molecule has 0 atom stereocenters. The van der Waals surface area contributed by atoms with Crippen molar-refractivity contribution in [2.75, 3.05) is 0 Å². The molecule has 0 saturated heterocycles. The smallest absolute Gasteiger partial charge is 0.124 e. The van der Waals surface area contributed by atoms with Gasteiger partial charge in [0.1, 0.15) is 10.1 Å². The topological polar surface area (TPSA) is 93.7 Å². The van der Waals surface area contributed by atoms with Crippen molar-refractivity contribution >= 4 is 10.1 Å². The average Bonchev–Trinajstić information content (AvgIpc) is 2.03. The van der Waals surface area contributed by atoms with Gasteiger partial charge in [0.2, 0.25) is 0 Å². The molecule has 14 heavy (non-hydrogen) atoms. The molecule has 0 aliphatic carbocycles. The molecule has 0 aliphatic heterocycles. The van der Waals surface area contributed by atoms with E-state index in [-0.39, 0.29) is 17.0 Å². The largest absolute Gasteiger partial charge is 0.744 e. The van der Waals surface area contributed by atoms with E-state index in [0.29, 0.717) is 0 Å². The molecule has 0 radical (unpaired) electrons. The fraction of sp³-hybridized carbons (Fsp3) is 0.333. The summed E-state index contributed by atoms with van der Waals surface area (Å²) >= 11 is 0. The Morgan fingerprint density at radius 3 is 2.29 bits per heavy atom. The van der Waals surface area contributed by atoms with Crippen molar-refractivity contribution in [1.82, 2.24) is 6.15 Å². The van der Waals surface area contributed by atoms with Crippen LogP contribution in [0.2, 0.25) is 0 Å². The number of quaternary nitrogens is 1. The van der Waals surface area contributed by atoms with E-state index in [4.69, 9.17) is 0 Å². The second-order valence-electron chi connectivity index (χ2n) is 3.18. The van der Waals surface area contributed by atoms with E-state index in [0.717, 1.165) is 5.56 Å². The molecule has 4 N–H and O–H groups in total. The standard InChI is InChI=1S/C9H12O3S.H3N/c1-7(2)8-4-3-5-9(6-8)13(10,11)12;/h3-7H,1-2H3,(H,10,11,12);1H3. The summed E-state index contributed by atoms with van der Waals surface area (Å²) < 4.78 is 32.0. The maximum absolute atomic E-state index is 10.7. The van der Waals surface area contributed by atoms with E-state index >= 15 is 0 Å². The second kappa shape index (κ2) is 4.54. The minimum atomic E-state index is -4.31. The molecule has 0 aliphatic rings. The minimum absolute atomic E-state index is 0. The molecule has 1 aromatic rings. The maximum atomic E-state index is 10.7. The lowest BCUT2D eigenvalue weighted by Crippen LogP contribution is -1.99. The lowest BCUT2D eigenvalue weighted by Gasteiger charge is -2.10. The van der Waals surface area contributed by atoms with E-state index in [9.17, 15) is 13.0 Å². The zero-order chi connectivity index (χ0) is 10.1. The van der Waals surface area contributed by atoms with Gasteiger partial charge in [0, 0.05) is 0 Å². The highest BCUT2D eigenvalue weighted by atomic mass is 32.2. The molecule has 0 fully saturated rings. The van der Waals surface area contributed by atoms with Crippen molar-refractivity contribution in [3.8, 4) is 0 Å². The highest BCUT2D eigenvalue weighted by Gasteiger charge is 2.04. The normalized spacial score (nSPS) is 11.1. The van der Waals surface area contributed by atoms with Crippen LogP contribution in [0.3, 0.4) is 0 Å². The van der Waals surface area contributed by atoms with E-state index in [1.165, 1.54) is 12.1 Å². The van der Waals surface area contributed by atoms with Gasteiger partial charge in [0.05, 0.1) is 4.90 Å². The number of rotatable bonds is 2. The monoisotopic (exact) mass is 217 g/mol. The Labute approximate surface area is 84.3 Å². The summed E-state index contributed by atoms with van der Waals surface area (Å²) in [4.78, 5) is -0.154. The first-order valence-electron chi connectivity index (χ1n) is 3.97. The van der Waals surface area contributed by atoms with Crippen LogP contribution in [0.25, 0.3) is 0 Å². The molecule has 1 aromatic carbocycles. The van der Waals surface area contributed by atoms with Gasteiger partial charge in [-0.15, -0.1) is 0 Å². The molecule has 0 heterocycles. The van der Waals surface area contributed by atoms with Crippen LogP contribution >= 0.6 is 0 Å². The number of hydrogen-bond donors (Lipinski definition) is 1. The quantitative estimate of drug-likeness (QED) is 0.768. The fourth-order valence-electron chi connectivity index (χ4n) is 1.03. The van der Waals surface area contributed by atoms with Crippen LogP contribution in [0.4, 0.5) is 0 Å². The van der Waals surface area contributed by atoms with Crippen molar-refractivity contribution in [3.05, 3.63) is 29.8 Å². The Hall–Kier alpha value is -0.910. The molecule has 0 bridgehead atoms. The molecular weight excluding hydrogens is 202 g/mol. The summed E-state index contributed by atoms with van der Waals surface area (Å²) in [5.41, 5.74) is 0.858. The fourth-order valence-corrected chi connectivity index (χ4v) is 1.55. The Kier molecular flexibility index (Phi) is 4.25. The number of hydrogen-bond acceptors (Lipinski definition) is 3. The first-order valence-corrected chi connectivity index (χ1v) is 5.38. The van der Waals surface area contributed by atoms with Gasteiger partial charge in [-0.2, -0.15) is 0 Å².